The molecule has 2 rings (SSSR count). The summed E-state index contributed by atoms with van der Waals surface area (Å²) in [6, 6.07) is 8.33. The van der Waals surface area contributed by atoms with Crippen molar-refractivity contribution >= 4 is 28.8 Å². The van der Waals surface area contributed by atoms with Crippen molar-refractivity contribution < 1.29 is 29.0 Å². The van der Waals surface area contributed by atoms with E-state index in [0.29, 0.717) is 15.9 Å². The van der Waals surface area contributed by atoms with Crippen molar-refractivity contribution in [3.63, 3.8) is 0 Å². The Hall–Kier alpha value is -2.83. The van der Waals surface area contributed by atoms with Crippen molar-refractivity contribution in [1.29, 1.82) is 0 Å². The zero-order chi connectivity index (χ0) is 14.7. The third-order valence-electron chi connectivity index (χ3n) is 2.58. The van der Waals surface area contributed by atoms with Crippen LogP contribution in [0.15, 0.2) is 34.7 Å². The van der Waals surface area contributed by atoms with Gasteiger partial charge < -0.3 is 19.5 Å². The van der Waals surface area contributed by atoms with E-state index in [4.69, 9.17) is 14.6 Å². The van der Waals surface area contributed by atoms with Crippen molar-refractivity contribution in [2.75, 3.05) is 13.1 Å². The van der Waals surface area contributed by atoms with E-state index in [1.54, 1.807) is 24.3 Å². The van der Waals surface area contributed by atoms with Crippen LogP contribution in [0.1, 0.15) is 10.6 Å². The summed E-state index contributed by atoms with van der Waals surface area (Å²) in [6.07, 6.45) is 0. The highest BCUT2D eigenvalue weighted by atomic mass is 16.4. The normalized spacial score (nSPS) is 10.4. The number of rotatable bonds is 5. The van der Waals surface area contributed by atoms with Crippen LogP contribution in [0.4, 0.5) is 0 Å². The Kier molecular flexibility index (Phi) is 3.69. The number of benzene rings is 1. The average Bonchev–Trinajstić information content (AvgIpc) is 2.79. The van der Waals surface area contributed by atoms with E-state index >= 15 is 0 Å². The Morgan fingerprint density at radius 2 is 1.65 bits per heavy atom. The summed E-state index contributed by atoms with van der Waals surface area (Å²) in [4.78, 5) is 34.2. The molecule has 0 saturated carbocycles. The van der Waals surface area contributed by atoms with Crippen LogP contribution >= 0.6 is 0 Å². The van der Waals surface area contributed by atoms with Gasteiger partial charge in [0.25, 0.3) is 5.91 Å². The van der Waals surface area contributed by atoms with Gasteiger partial charge in [0, 0.05) is 5.39 Å². The van der Waals surface area contributed by atoms with Crippen molar-refractivity contribution in [3.8, 4) is 0 Å². The fourth-order valence-corrected chi connectivity index (χ4v) is 1.77. The Bertz CT molecular complexity index is 625. The standard InChI is InChI=1S/C13H11NO6/c15-11(16)6-14(7-12(17)18)13(19)10-5-8-3-1-2-4-9(8)20-10/h1-5H,6-7H2,(H,15,16)(H,17,18). The van der Waals surface area contributed by atoms with Gasteiger partial charge in [0.15, 0.2) is 5.76 Å². The first-order valence-electron chi connectivity index (χ1n) is 5.69. The van der Waals surface area contributed by atoms with Gasteiger partial charge in [-0.3, -0.25) is 14.4 Å². The Morgan fingerprint density at radius 3 is 2.20 bits per heavy atom. The molecule has 1 aromatic carbocycles. The summed E-state index contributed by atoms with van der Waals surface area (Å²) < 4.78 is 5.30. The van der Waals surface area contributed by atoms with Crippen molar-refractivity contribution in [2.24, 2.45) is 0 Å². The topological polar surface area (TPSA) is 108 Å². The lowest BCUT2D eigenvalue weighted by Gasteiger charge is -2.16. The van der Waals surface area contributed by atoms with Gasteiger partial charge in [-0.1, -0.05) is 18.2 Å². The lowest BCUT2D eigenvalue weighted by Crippen LogP contribution is -2.39. The van der Waals surface area contributed by atoms with Gasteiger partial charge in [-0.25, -0.2) is 0 Å². The third-order valence-corrected chi connectivity index (χ3v) is 2.58. The number of para-hydroxylation sites is 1. The smallest absolute Gasteiger partial charge is 0.323 e. The van der Waals surface area contributed by atoms with E-state index < -0.39 is 30.9 Å². The molecule has 7 nitrogen and oxygen atoms in total. The molecule has 0 bridgehead atoms. The Morgan fingerprint density at radius 1 is 1.05 bits per heavy atom. The molecule has 0 radical (unpaired) electrons. The van der Waals surface area contributed by atoms with Gasteiger partial charge in [0.05, 0.1) is 0 Å². The van der Waals surface area contributed by atoms with Crippen LogP contribution in [0, 0.1) is 0 Å². The fraction of sp³-hybridized carbons (Fsp3) is 0.154. The maximum Gasteiger partial charge on any atom is 0.323 e. The van der Waals surface area contributed by atoms with Crippen LogP contribution < -0.4 is 0 Å². The number of furan rings is 1. The quantitative estimate of drug-likeness (QED) is 0.845. The SMILES string of the molecule is O=C(O)CN(CC(=O)O)C(=O)c1cc2ccccc2o1. The summed E-state index contributed by atoms with van der Waals surface area (Å²) in [5, 5.41) is 18.1. The number of aliphatic carboxylic acids is 2. The summed E-state index contributed by atoms with van der Waals surface area (Å²) in [5.41, 5.74) is 0.474. The van der Waals surface area contributed by atoms with Crippen LogP contribution in [-0.2, 0) is 9.59 Å². The molecule has 1 heterocycles. The minimum absolute atomic E-state index is 0.0892. The number of carbonyl (C=O) groups is 3. The second kappa shape index (κ2) is 5.43. The first-order chi connectivity index (χ1) is 9.47. The van der Waals surface area contributed by atoms with Crippen LogP contribution in [0.25, 0.3) is 11.0 Å². The maximum absolute atomic E-state index is 12.1. The molecule has 2 aromatic rings. The molecule has 0 saturated heterocycles. The minimum Gasteiger partial charge on any atom is -0.480 e. The molecular formula is C13H11NO6. The molecule has 1 amide bonds. The molecule has 20 heavy (non-hydrogen) atoms. The number of carboxylic acids is 2. The van der Waals surface area contributed by atoms with E-state index in [0.717, 1.165) is 0 Å². The molecule has 2 N–H and O–H groups in total. The monoisotopic (exact) mass is 277 g/mol. The number of hydrogen-bond acceptors (Lipinski definition) is 4. The summed E-state index contributed by atoms with van der Waals surface area (Å²) in [6.45, 7) is -1.41. The molecule has 104 valence electrons. The number of fused-ring (bicyclic) bond motifs is 1. The maximum atomic E-state index is 12.1. The number of hydrogen-bond donors (Lipinski definition) is 2. The van der Waals surface area contributed by atoms with Crippen molar-refractivity contribution in [2.45, 2.75) is 0 Å². The molecular weight excluding hydrogens is 266 g/mol. The third kappa shape index (κ3) is 2.94. The lowest BCUT2D eigenvalue weighted by atomic mass is 10.2. The zero-order valence-electron chi connectivity index (χ0n) is 10.3. The predicted molar refractivity (Wildman–Crippen MR) is 67.4 cm³/mol. The van der Waals surface area contributed by atoms with Gasteiger partial charge in [-0.2, -0.15) is 0 Å². The van der Waals surface area contributed by atoms with E-state index in [1.807, 2.05) is 0 Å². The first kappa shape index (κ1) is 13.6. The number of carbonyl (C=O) groups excluding carboxylic acids is 1. The Labute approximate surface area is 113 Å². The summed E-state index contributed by atoms with van der Waals surface area (Å²) in [7, 11) is 0. The van der Waals surface area contributed by atoms with E-state index in [1.165, 1.54) is 6.07 Å². The van der Waals surface area contributed by atoms with Gasteiger partial charge in [0.2, 0.25) is 0 Å². The highest BCUT2D eigenvalue weighted by molar-refractivity contribution is 5.98. The van der Waals surface area contributed by atoms with Gasteiger partial charge >= 0.3 is 11.9 Å². The number of carboxylic acid groups (broad SMARTS) is 2. The molecule has 1 aromatic heterocycles. The van der Waals surface area contributed by atoms with Crippen LogP contribution in [0.5, 0.6) is 0 Å². The van der Waals surface area contributed by atoms with Gasteiger partial charge in [-0.15, -0.1) is 0 Å². The van der Waals surface area contributed by atoms with Crippen LogP contribution in [0.3, 0.4) is 0 Å². The number of nitrogens with zero attached hydrogens (tertiary/aromatic N) is 1. The Balaban J connectivity index is 2.29. The lowest BCUT2D eigenvalue weighted by molar-refractivity contribution is -0.140. The van der Waals surface area contributed by atoms with Crippen molar-refractivity contribution in [1.82, 2.24) is 4.90 Å². The highest BCUT2D eigenvalue weighted by Gasteiger charge is 2.23. The van der Waals surface area contributed by atoms with Gasteiger partial charge in [0.1, 0.15) is 18.7 Å². The van der Waals surface area contributed by atoms with Crippen LogP contribution in [-0.4, -0.2) is 46.0 Å². The van der Waals surface area contributed by atoms with E-state index in [-0.39, 0.29) is 5.76 Å². The van der Waals surface area contributed by atoms with Gasteiger partial charge in [-0.05, 0) is 12.1 Å². The van der Waals surface area contributed by atoms with E-state index in [2.05, 4.69) is 0 Å². The first-order valence-corrected chi connectivity index (χ1v) is 5.69. The van der Waals surface area contributed by atoms with Crippen LogP contribution in [0.2, 0.25) is 0 Å². The fourth-order valence-electron chi connectivity index (χ4n) is 1.77. The molecule has 0 aliphatic rings. The second-order valence-electron chi connectivity index (χ2n) is 4.10. The molecule has 0 unspecified atom stereocenters. The summed E-state index contributed by atoms with van der Waals surface area (Å²) >= 11 is 0. The summed E-state index contributed by atoms with van der Waals surface area (Å²) in [5.74, 6) is -3.45. The molecule has 0 aliphatic carbocycles. The molecule has 7 heteroatoms. The number of amides is 1. The molecule has 0 fully saturated rings. The zero-order valence-corrected chi connectivity index (χ0v) is 10.3. The minimum atomic E-state index is -1.30. The van der Waals surface area contributed by atoms with Crippen molar-refractivity contribution in [3.05, 3.63) is 36.1 Å². The average molecular weight is 277 g/mol. The molecule has 0 spiro atoms. The largest absolute Gasteiger partial charge is 0.480 e. The highest BCUT2D eigenvalue weighted by Crippen LogP contribution is 2.20. The van der Waals surface area contributed by atoms with E-state index in [9.17, 15) is 14.4 Å². The molecule has 0 atom stereocenters. The predicted octanol–water partition coefficient (Wildman–Crippen LogP) is 1.04. The molecule has 0 aliphatic heterocycles. The second-order valence-corrected chi connectivity index (χ2v) is 4.10.